The van der Waals surface area contributed by atoms with Gasteiger partial charge in [-0.1, -0.05) is 11.3 Å². The molecule has 2 N–H and O–H groups in total. The maximum atomic E-state index is 12.7. The minimum atomic E-state index is -4.57. The van der Waals surface area contributed by atoms with Gasteiger partial charge in [0.15, 0.2) is 0 Å². The smallest absolute Gasteiger partial charge is 0.317 e. The zero-order valence-electron chi connectivity index (χ0n) is 11.8. The Hall–Kier alpha value is -2.01. The van der Waals surface area contributed by atoms with Crippen LogP contribution in [-0.2, 0) is 16.5 Å². The Bertz CT molecular complexity index is 677. The highest BCUT2D eigenvalue weighted by atomic mass is 32.1. The lowest BCUT2D eigenvalue weighted by atomic mass is 9.87. The van der Waals surface area contributed by atoms with Crippen LogP contribution in [0.5, 0.6) is 0 Å². The summed E-state index contributed by atoms with van der Waals surface area (Å²) < 4.78 is 39.2. The topological polar surface area (TPSA) is 84.7 Å². The molecule has 2 aromatic rings. The molecule has 1 fully saturated rings. The number of amides is 1. The Balaban J connectivity index is 1.83. The van der Waals surface area contributed by atoms with E-state index in [0.717, 1.165) is 0 Å². The number of carbonyl (C=O) groups is 1. The van der Waals surface area contributed by atoms with Crippen LogP contribution in [0.15, 0.2) is 18.5 Å². The van der Waals surface area contributed by atoms with Gasteiger partial charge in [-0.05, 0) is 32.0 Å². The van der Waals surface area contributed by atoms with E-state index in [-0.39, 0.29) is 5.13 Å². The molecule has 1 amide bonds. The van der Waals surface area contributed by atoms with Crippen LogP contribution in [0.4, 0.5) is 18.3 Å². The summed E-state index contributed by atoms with van der Waals surface area (Å²) in [6.07, 6.45) is -0.387. The summed E-state index contributed by atoms with van der Waals surface area (Å²) in [5.74, 6) is -0.437. The molecule has 0 radical (unpaired) electrons. The van der Waals surface area contributed by atoms with E-state index in [1.165, 1.54) is 0 Å². The van der Waals surface area contributed by atoms with Crippen molar-refractivity contribution in [3.63, 3.8) is 0 Å². The van der Waals surface area contributed by atoms with Crippen LogP contribution in [0.2, 0.25) is 0 Å². The minimum absolute atomic E-state index is 0.174. The van der Waals surface area contributed by atoms with E-state index < -0.39 is 22.6 Å². The number of aromatic nitrogens is 4. The standard InChI is InChI=1S/C12H13F3N6OS/c13-12(14,15)9-19-20-10(23-9)18-8(22)11(2-5-16-6-3-11)21-7-1-4-17-21/h1,4,7,16H,2-3,5-6H2,(H,18,20,22). The highest BCUT2D eigenvalue weighted by Gasteiger charge is 2.43. The second-order valence-electron chi connectivity index (χ2n) is 5.10. The molecule has 1 aliphatic heterocycles. The maximum absolute atomic E-state index is 12.7. The van der Waals surface area contributed by atoms with Crippen LogP contribution in [0.1, 0.15) is 17.8 Å². The molecule has 1 saturated heterocycles. The van der Waals surface area contributed by atoms with Crippen LogP contribution in [-0.4, -0.2) is 39.0 Å². The number of hydrogen-bond acceptors (Lipinski definition) is 6. The van der Waals surface area contributed by atoms with Gasteiger partial charge in [0.2, 0.25) is 10.1 Å². The van der Waals surface area contributed by atoms with Gasteiger partial charge >= 0.3 is 6.18 Å². The van der Waals surface area contributed by atoms with Gasteiger partial charge in [0, 0.05) is 12.4 Å². The molecule has 0 aromatic carbocycles. The number of halogens is 3. The molecule has 7 nitrogen and oxygen atoms in total. The van der Waals surface area contributed by atoms with Crippen molar-refractivity contribution in [3.05, 3.63) is 23.5 Å². The fraction of sp³-hybridized carbons (Fsp3) is 0.500. The fourth-order valence-electron chi connectivity index (χ4n) is 2.52. The normalized spacial score (nSPS) is 17.9. The molecular weight excluding hydrogens is 333 g/mol. The molecule has 0 saturated carbocycles. The minimum Gasteiger partial charge on any atom is -0.317 e. The number of nitrogens with zero attached hydrogens (tertiary/aromatic N) is 4. The van der Waals surface area contributed by atoms with E-state index >= 15 is 0 Å². The van der Waals surface area contributed by atoms with Gasteiger partial charge in [-0.2, -0.15) is 18.3 Å². The number of carbonyl (C=O) groups excluding carboxylic acids is 1. The molecule has 0 spiro atoms. The van der Waals surface area contributed by atoms with Crippen molar-refractivity contribution in [2.24, 2.45) is 0 Å². The van der Waals surface area contributed by atoms with Crippen molar-refractivity contribution in [2.75, 3.05) is 18.4 Å². The van der Waals surface area contributed by atoms with Crippen molar-refractivity contribution in [3.8, 4) is 0 Å². The summed E-state index contributed by atoms with van der Waals surface area (Å²) in [7, 11) is 0. The van der Waals surface area contributed by atoms with E-state index in [1.54, 1.807) is 23.1 Å². The Labute approximate surface area is 132 Å². The van der Waals surface area contributed by atoms with Crippen molar-refractivity contribution in [2.45, 2.75) is 24.6 Å². The van der Waals surface area contributed by atoms with Crippen LogP contribution < -0.4 is 10.6 Å². The number of piperidine rings is 1. The van der Waals surface area contributed by atoms with Crippen molar-refractivity contribution in [1.29, 1.82) is 0 Å². The Morgan fingerprint density at radius 3 is 2.65 bits per heavy atom. The third-order valence-electron chi connectivity index (χ3n) is 3.68. The van der Waals surface area contributed by atoms with Gasteiger partial charge in [0.1, 0.15) is 5.54 Å². The molecular formula is C12H13F3N6OS. The number of hydrogen-bond donors (Lipinski definition) is 2. The first-order valence-electron chi connectivity index (χ1n) is 6.85. The van der Waals surface area contributed by atoms with Crippen molar-refractivity contribution >= 4 is 22.4 Å². The third kappa shape index (κ3) is 3.06. The zero-order chi connectivity index (χ0) is 16.5. The predicted octanol–water partition coefficient (Wildman–Crippen LogP) is 1.47. The molecule has 0 aliphatic carbocycles. The molecule has 124 valence electrons. The molecule has 0 atom stereocenters. The fourth-order valence-corrected chi connectivity index (χ4v) is 3.13. The van der Waals surface area contributed by atoms with Gasteiger partial charge in [-0.3, -0.25) is 14.8 Å². The Morgan fingerprint density at radius 1 is 1.35 bits per heavy atom. The molecule has 3 rings (SSSR count). The predicted molar refractivity (Wildman–Crippen MR) is 75.8 cm³/mol. The summed E-state index contributed by atoms with van der Waals surface area (Å²) >= 11 is 0.304. The van der Waals surface area contributed by atoms with E-state index in [4.69, 9.17) is 0 Å². The van der Waals surface area contributed by atoms with E-state index in [2.05, 4.69) is 25.9 Å². The van der Waals surface area contributed by atoms with E-state index in [9.17, 15) is 18.0 Å². The Kier molecular flexibility index (Phi) is 4.06. The summed E-state index contributed by atoms with van der Waals surface area (Å²) in [6.45, 7) is 1.22. The van der Waals surface area contributed by atoms with Crippen molar-refractivity contribution < 1.29 is 18.0 Å². The summed E-state index contributed by atoms with van der Waals surface area (Å²) in [6, 6.07) is 1.70. The van der Waals surface area contributed by atoms with Crippen molar-refractivity contribution in [1.82, 2.24) is 25.3 Å². The van der Waals surface area contributed by atoms with E-state index in [1.807, 2.05) is 0 Å². The first kappa shape index (κ1) is 15.9. The van der Waals surface area contributed by atoms with Gasteiger partial charge in [0.05, 0.1) is 0 Å². The average Bonchev–Trinajstić information content (AvgIpc) is 3.19. The maximum Gasteiger partial charge on any atom is 0.445 e. The number of nitrogens with one attached hydrogen (secondary N) is 2. The summed E-state index contributed by atoms with van der Waals surface area (Å²) in [5.41, 5.74) is -0.946. The molecule has 0 unspecified atom stereocenters. The van der Waals surface area contributed by atoms with Crippen LogP contribution in [0.25, 0.3) is 0 Å². The lowest BCUT2D eigenvalue weighted by Crippen LogP contribution is -2.52. The van der Waals surface area contributed by atoms with Crippen LogP contribution in [0.3, 0.4) is 0 Å². The van der Waals surface area contributed by atoms with Gasteiger partial charge in [0.25, 0.3) is 5.91 Å². The van der Waals surface area contributed by atoms with Gasteiger partial charge < -0.3 is 5.32 Å². The SMILES string of the molecule is O=C(Nc1nnc(C(F)(F)F)s1)C1(n2cccn2)CCNCC1. The molecule has 2 aromatic heterocycles. The zero-order valence-corrected chi connectivity index (χ0v) is 12.6. The monoisotopic (exact) mass is 346 g/mol. The summed E-state index contributed by atoms with van der Waals surface area (Å²) in [4.78, 5) is 12.7. The Morgan fingerprint density at radius 2 is 2.09 bits per heavy atom. The van der Waals surface area contributed by atoms with Crippen LogP contribution >= 0.6 is 11.3 Å². The first-order valence-corrected chi connectivity index (χ1v) is 7.66. The number of rotatable bonds is 3. The summed E-state index contributed by atoms with van der Waals surface area (Å²) in [5, 5.41) is 14.9. The van der Waals surface area contributed by atoms with Crippen LogP contribution in [0, 0.1) is 0 Å². The largest absolute Gasteiger partial charge is 0.445 e. The molecule has 0 bridgehead atoms. The molecule has 23 heavy (non-hydrogen) atoms. The third-order valence-corrected chi connectivity index (χ3v) is 4.57. The highest BCUT2D eigenvalue weighted by molar-refractivity contribution is 7.15. The number of alkyl halides is 3. The second-order valence-corrected chi connectivity index (χ2v) is 6.07. The van der Waals surface area contributed by atoms with Gasteiger partial charge in [-0.15, -0.1) is 10.2 Å². The lowest BCUT2D eigenvalue weighted by Gasteiger charge is -2.36. The quantitative estimate of drug-likeness (QED) is 0.879. The molecule has 3 heterocycles. The number of anilines is 1. The van der Waals surface area contributed by atoms with Gasteiger partial charge in [-0.25, -0.2) is 0 Å². The van der Waals surface area contributed by atoms with E-state index in [0.29, 0.717) is 37.3 Å². The average molecular weight is 346 g/mol. The first-order chi connectivity index (χ1) is 10.9. The lowest BCUT2D eigenvalue weighted by molar-refractivity contribution is -0.138. The highest BCUT2D eigenvalue weighted by Crippen LogP contribution is 2.34. The molecule has 11 heteroatoms. The second kappa shape index (κ2) is 5.89. The molecule has 1 aliphatic rings.